The predicted molar refractivity (Wildman–Crippen MR) is 219 cm³/mol. The molecule has 0 aromatic carbocycles. The molecule has 4 saturated carbocycles. The van der Waals surface area contributed by atoms with Crippen molar-refractivity contribution in [1.29, 1.82) is 0 Å². The molecular formula is C45H70N4O8. The first-order chi connectivity index (χ1) is 27.2. The Morgan fingerprint density at radius 3 is 2.37 bits per heavy atom. The summed E-state index contributed by atoms with van der Waals surface area (Å²) in [5.74, 6) is -0.750. The monoisotopic (exact) mass is 795 g/mol. The van der Waals surface area contributed by atoms with Gasteiger partial charge in [0.05, 0.1) is 13.2 Å². The molecule has 0 radical (unpaired) electrons. The third-order valence-corrected chi connectivity index (χ3v) is 15.8. The fourth-order valence-electron chi connectivity index (χ4n) is 12.8. The van der Waals surface area contributed by atoms with Gasteiger partial charge in [-0.1, -0.05) is 40.7 Å². The topological polar surface area (TPSA) is 182 Å². The summed E-state index contributed by atoms with van der Waals surface area (Å²) in [6.45, 7) is 17.3. The van der Waals surface area contributed by atoms with Crippen molar-refractivity contribution in [2.45, 2.75) is 124 Å². The van der Waals surface area contributed by atoms with Crippen LogP contribution in [0.5, 0.6) is 5.75 Å². The van der Waals surface area contributed by atoms with Crippen LogP contribution in [-0.4, -0.2) is 81.4 Å². The average Bonchev–Trinajstić information content (AvgIpc) is 3.78. The Morgan fingerprint density at radius 2 is 1.67 bits per heavy atom. The maximum absolute atomic E-state index is 13.2. The summed E-state index contributed by atoms with van der Waals surface area (Å²) in [5.41, 5.74) is 5.02. The van der Waals surface area contributed by atoms with Gasteiger partial charge in [0.15, 0.2) is 17.3 Å². The highest BCUT2D eigenvalue weighted by Gasteiger charge is 2.81. The molecule has 0 amide bonds. The summed E-state index contributed by atoms with van der Waals surface area (Å²) in [6, 6.07) is 1.29. The van der Waals surface area contributed by atoms with Gasteiger partial charge < -0.3 is 40.7 Å². The van der Waals surface area contributed by atoms with Gasteiger partial charge in [-0.25, -0.2) is 4.79 Å². The van der Waals surface area contributed by atoms with E-state index in [1.807, 2.05) is 19.9 Å². The van der Waals surface area contributed by atoms with Gasteiger partial charge in [-0.15, -0.1) is 0 Å². The van der Waals surface area contributed by atoms with E-state index in [1.54, 1.807) is 0 Å². The van der Waals surface area contributed by atoms with Gasteiger partial charge in [-0.05, 0) is 143 Å². The Hall–Kier alpha value is -3.06. The SMILES string of the molecule is CC(=O)OC1CC2(C)C3CCC4C(C)C(=O)C=CC45CC35CCC2(C)C1C(C)c1oc(=O)cc(C(C)COC(=O)CNCCCNCCCCNCCCN)c1O. The molecule has 12 nitrogen and oxygen atoms in total. The van der Waals surface area contributed by atoms with Crippen molar-refractivity contribution in [2.24, 2.45) is 51.1 Å². The number of ketones is 1. The number of allylic oxidation sites excluding steroid dienone is 2. The van der Waals surface area contributed by atoms with E-state index in [2.05, 4.69) is 42.8 Å². The van der Waals surface area contributed by atoms with Crippen molar-refractivity contribution in [3.05, 3.63) is 40.0 Å². The van der Waals surface area contributed by atoms with E-state index < -0.39 is 29.5 Å². The van der Waals surface area contributed by atoms with Crippen LogP contribution in [0.1, 0.15) is 129 Å². The maximum Gasteiger partial charge on any atom is 0.336 e. The highest BCUT2D eigenvalue weighted by Crippen LogP contribution is 2.87. The van der Waals surface area contributed by atoms with Crippen LogP contribution in [0.15, 0.2) is 27.4 Å². The van der Waals surface area contributed by atoms with Crippen LogP contribution in [0.4, 0.5) is 0 Å². The van der Waals surface area contributed by atoms with Crippen molar-refractivity contribution in [1.82, 2.24) is 16.0 Å². The number of ether oxygens (including phenoxy) is 2. The molecule has 0 bridgehead atoms. The van der Waals surface area contributed by atoms with Crippen LogP contribution in [0.2, 0.25) is 0 Å². The Bertz CT molecular complexity index is 1710. The number of aromatic hydroxyl groups is 1. The second kappa shape index (κ2) is 17.7. The molecule has 2 spiro atoms. The molecular weight excluding hydrogens is 725 g/mol. The normalized spacial score (nSPS) is 34.7. The minimum absolute atomic E-state index is 0.00552. The van der Waals surface area contributed by atoms with Gasteiger partial charge in [-0.3, -0.25) is 14.4 Å². The van der Waals surface area contributed by atoms with Gasteiger partial charge in [0, 0.05) is 42.2 Å². The molecule has 11 atom stereocenters. The Kier molecular flexibility index (Phi) is 13.5. The molecule has 5 aliphatic carbocycles. The summed E-state index contributed by atoms with van der Waals surface area (Å²) >= 11 is 0. The van der Waals surface area contributed by atoms with Crippen molar-refractivity contribution in [3.63, 3.8) is 0 Å². The highest BCUT2D eigenvalue weighted by atomic mass is 16.5. The zero-order chi connectivity index (χ0) is 41.2. The molecule has 1 aromatic heterocycles. The first-order valence-electron chi connectivity index (χ1n) is 21.9. The van der Waals surface area contributed by atoms with E-state index in [0.717, 1.165) is 84.0 Å². The lowest BCUT2D eigenvalue weighted by Gasteiger charge is -2.60. The summed E-state index contributed by atoms with van der Waals surface area (Å²) in [6.07, 6.45) is 13.6. The lowest BCUT2D eigenvalue weighted by Crippen LogP contribution is -2.55. The Balaban J connectivity index is 1.07. The van der Waals surface area contributed by atoms with Gasteiger partial charge in [0.1, 0.15) is 6.10 Å². The summed E-state index contributed by atoms with van der Waals surface area (Å²) < 4.78 is 17.6. The number of hydrogen-bond acceptors (Lipinski definition) is 12. The lowest BCUT2D eigenvalue weighted by atomic mass is 9.43. The van der Waals surface area contributed by atoms with Crippen LogP contribution >= 0.6 is 0 Å². The van der Waals surface area contributed by atoms with Crippen molar-refractivity contribution in [2.75, 3.05) is 52.4 Å². The standard InChI is InChI=1S/C45H70N4O8/c1-28(26-55-38(53)25-49-22-10-21-48-19-8-7-18-47-20-9-17-46)32-23-37(52)57-41(40(32)54)30(3)39-35(56-31(4)50)24-43(6)36-12-11-33-29(2)34(51)13-14-44(33)27-45(36,44)16-15-42(39,43)5/h13-14,23,28-30,33,35-36,39,47-49,54H,7-12,15-22,24-27,46H2,1-6H3. The molecule has 5 aliphatic rings. The van der Waals surface area contributed by atoms with Gasteiger partial charge in [0.2, 0.25) is 0 Å². The fraction of sp³-hybridized carbons (Fsp3) is 0.778. The zero-order valence-electron chi connectivity index (χ0n) is 35.4. The third kappa shape index (κ3) is 8.14. The molecule has 57 heavy (non-hydrogen) atoms. The number of fused-ring (bicyclic) bond motifs is 2. The molecule has 0 saturated heterocycles. The fourth-order valence-corrected chi connectivity index (χ4v) is 12.8. The average molecular weight is 795 g/mol. The number of carbonyl (C=O) groups excluding carboxylic acids is 3. The molecule has 6 N–H and O–H groups in total. The molecule has 0 aliphatic heterocycles. The molecule has 318 valence electrons. The van der Waals surface area contributed by atoms with Crippen molar-refractivity contribution >= 4 is 17.7 Å². The van der Waals surface area contributed by atoms with Crippen LogP contribution < -0.4 is 27.3 Å². The third-order valence-electron chi connectivity index (χ3n) is 15.8. The van der Waals surface area contributed by atoms with E-state index >= 15 is 0 Å². The van der Waals surface area contributed by atoms with Crippen LogP contribution in [0, 0.1) is 45.3 Å². The lowest BCUT2D eigenvalue weighted by molar-refractivity contribution is -0.150. The van der Waals surface area contributed by atoms with Crippen LogP contribution in [0.25, 0.3) is 0 Å². The number of esters is 2. The molecule has 11 unspecified atom stereocenters. The highest BCUT2D eigenvalue weighted by molar-refractivity contribution is 5.93. The van der Waals surface area contributed by atoms with Crippen LogP contribution in [0.3, 0.4) is 0 Å². The van der Waals surface area contributed by atoms with Crippen molar-refractivity contribution in [3.8, 4) is 5.75 Å². The first-order valence-corrected chi connectivity index (χ1v) is 21.9. The summed E-state index contributed by atoms with van der Waals surface area (Å²) in [5, 5.41) is 21.8. The molecule has 6 rings (SSSR count). The number of unbranched alkanes of at least 4 members (excludes halogenated alkanes) is 1. The Labute approximate surface area is 339 Å². The number of nitrogens with one attached hydrogen (secondary N) is 3. The molecule has 4 fully saturated rings. The summed E-state index contributed by atoms with van der Waals surface area (Å²) in [7, 11) is 0. The van der Waals surface area contributed by atoms with E-state index in [-0.39, 0.29) is 69.9 Å². The maximum atomic E-state index is 13.2. The minimum atomic E-state index is -0.583. The van der Waals surface area contributed by atoms with E-state index in [0.29, 0.717) is 36.9 Å². The van der Waals surface area contributed by atoms with E-state index in [9.17, 15) is 24.3 Å². The minimum Gasteiger partial charge on any atom is -0.504 e. The molecule has 12 heteroatoms. The second-order valence-electron chi connectivity index (χ2n) is 18.8. The number of rotatable bonds is 20. The quantitative estimate of drug-likeness (QED) is 0.0848. The number of hydrogen-bond donors (Lipinski definition) is 5. The number of nitrogens with two attached hydrogens (primary N) is 1. The smallest absolute Gasteiger partial charge is 0.336 e. The zero-order valence-corrected chi connectivity index (χ0v) is 35.4. The number of carbonyl (C=O) groups is 3. The molecule has 1 heterocycles. The predicted octanol–water partition coefficient (Wildman–Crippen LogP) is 5.32. The Morgan fingerprint density at radius 1 is 0.982 bits per heavy atom. The second-order valence-corrected chi connectivity index (χ2v) is 18.8. The largest absolute Gasteiger partial charge is 0.504 e. The van der Waals surface area contributed by atoms with Gasteiger partial charge in [0.25, 0.3) is 0 Å². The van der Waals surface area contributed by atoms with Crippen LogP contribution in [-0.2, 0) is 23.9 Å². The summed E-state index contributed by atoms with van der Waals surface area (Å²) in [4.78, 5) is 51.2. The van der Waals surface area contributed by atoms with Crippen molar-refractivity contribution < 1.29 is 33.4 Å². The van der Waals surface area contributed by atoms with E-state index in [4.69, 9.17) is 19.6 Å². The van der Waals surface area contributed by atoms with Gasteiger partial charge in [-0.2, -0.15) is 0 Å². The van der Waals surface area contributed by atoms with Gasteiger partial charge >= 0.3 is 17.6 Å². The first kappa shape index (κ1) is 43.5. The molecule has 1 aromatic rings. The van der Waals surface area contributed by atoms with E-state index in [1.165, 1.54) is 13.0 Å².